The summed E-state index contributed by atoms with van der Waals surface area (Å²) in [6.45, 7) is 18.3. The highest BCUT2D eigenvalue weighted by atomic mass is 14.3. The fourth-order valence-corrected chi connectivity index (χ4v) is 3.18. The van der Waals surface area contributed by atoms with E-state index in [1.165, 1.54) is 47.9 Å². The van der Waals surface area contributed by atoms with Gasteiger partial charge in [0.2, 0.25) is 0 Å². The molecule has 0 heteroatoms. The van der Waals surface area contributed by atoms with Gasteiger partial charge < -0.3 is 0 Å². The molecule has 27 heavy (non-hydrogen) atoms. The van der Waals surface area contributed by atoms with Crippen LogP contribution >= 0.6 is 0 Å². The Kier molecular flexibility index (Phi) is 9.84. The Morgan fingerprint density at radius 3 is 2.00 bits per heavy atom. The number of aryl methyl sites for hydroxylation is 2. The molecule has 0 heterocycles. The summed E-state index contributed by atoms with van der Waals surface area (Å²) in [6.07, 6.45) is 5.02. The molecule has 150 valence electrons. The quantitative estimate of drug-likeness (QED) is 0.481. The maximum Gasteiger partial charge on any atom is -0.0142 e. The van der Waals surface area contributed by atoms with Crippen LogP contribution in [0.3, 0.4) is 0 Å². The Hall–Kier alpha value is -1.56. The molecule has 0 aliphatic carbocycles. The fraction of sp³-hybridized carbons (Fsp3) is 0.556. The number of hydrogen-bond acceptors (Lipinski definition) is 0. The zero-order valence-corrected chi connectivity index (χ0v) is 19.1. The average Bonchev–Trinajstić information content (AvgIpc) is 2.61. The van der Waals surface area contributed by atoms with Crippen LogP contribution in [-0.4, -0.2) is 0 Å². The van der Waals surface area contributed by atoms with Crippen LogP contribution < -0.4 is 0 Å². The topological polar surface area (TPSA) is 0 Å². The predicted molar refractivity (Wildman–Crippen MR) is 123 cm³/mol. The van der Waals surface area contributed by atoms with E-state index in [-0.39, 0.29) is 0 Å². The minimum atomic E-state index is 0.339. The average molecular weight is 367 g/mol. The molecular formula is C27H42. The van der Waals surface area contributed by atoms with Crippen LogP contribution in [0.4, 0.5) is 0 Å². The number of benzene rings is 2. The monoisotopic (exact) mass is 366 g/mol. The minimum Gasteiger partial charge on any atom is -0.0654 e. The molecule has 2 rings (SSSR count). The largest absolute Gasteiger partial charge is 0.0654 e. The Morgan fingerprint density at radius 1 is 0.889 bits per heavy atom. The van der Waals surface area contributed by atoms with Crippen molar-refractivity contribution < 1.29 is 0 Å². The normalized spacial score (nSPS) is 12.5. The Balaban J connectivity index is 0.000000309. The first-order chi connectivity index (χ1) is 12.6. The highest BCUT2D eigenvalue weighted by Gasteiger charge is 2.21. The molecule has 0 radical (unpaired) electrons. The zero-order valence-electron chi connectivity index (χ0n) is 19.1. The lowest BCUT2D eigenvalue weighted by molar-refractivity contribution is 0.339. The van der Waals surface area contributed by atoms with Crippen LogP contribution in [0.2, 0.25) is 0 Å². The third-order valence-corrected chi connectivity index (χ3v) is 5.46. The summed E-state index contributed by atoms with van der Waals surface area (Å²) in [4.78, 5) is 0. The van der Waals surface area contributed by atoms with Gasteiger partial charge in [-0.3, -0.25) is 0 Å². The van der Waals surface area contributed by atoms with E-state index < -0.39 is 0 Å². The van der Waals surface area contributed by atoms with Crippen LogP contribution in [0, 0.1) is 18.3 Å². The molecule has 2 aromatic rings. The Morgan fingerprint density at radius 2 is 1.52 bits per heavy atom. The molecule has 0 aliphatic heterocycles. The molecule has 0 aromatic heterocycles. The molecule has 1 unspecified atom stereocenters. The van der Waals surface area contributed by atoms with Gasteiger partial charge in [-0.25, -0.2) is 0 Å². The molecule has 0 N–H and O–H groups in total. The van der Waals surface area contributed by atoms with E-state index in [1.54, 1.807) is 0 Å². The van der Waals surface area contributed by atoms with Crippen molar-refractivity contribution in [1.82, 2.24) is 0 Å². The molecular weight excluding hydrogens is 324 g/mol. The van der Waals surface area contributed by atoms with E-state index in [0.717, 1.165) is 5.92 Å². The van der Waals surface area contributed by atoms with Crippen molar-refractivity contribution in [2.75, 3.05) is 0 Å². The van der Waals surface area contributed by atoms with Crippen LogP contribution in [0.25, 0.3) is 0 Å². The fourth-order valence-electron chi connectivity index (χ4n) is 3.18. The summed E-state index contributed by atoms with van der Waals surface area (Å²) in [6, 6.07) is 17.7. The van der Waals surface area contributed by atoms with Gasteiger partial charge in [0, 0.05) is 0 Å². The maximum absolute atomic E-state index is 2.38. The van der Waals surface area contributed by atoms with Crippen molar-refractivity contribution >= 4 is 0 Å². The molecule has 2 aromatic carbocycles. The SMILES string of the molecule is CCCCc1ccccc1.Cc1cc(C(C)C(C)(C)C)ccc1CC(C)C. The first kappa shape index (κ1) is 23.5. The zero-order chi connectivity index (χ0) is 20.4. The van der Waals surface area contributed by atoms with Gasteiger partial charge in [-0.1, -0.05) is 103 Å². The van der Waals surface area contributed by atoms with Gasteiger partial charge in [0.05, 0.1) is 0 Å². The molecule has 1 atom stereocenters. The van der Waals surface area contributed by atoms with Gasteiger partial charge in [-0.2, -0.15) is 0 Å². The highest BCUT2D eigenvalue weighted by molar-refractivity contribution is 5.33. The van der Waals surface area contributed by atoms with Gasteiger partial charge in [0.25, 0.3) is 0 Å². The van der Waals surface area contributed by atoms with Gasteiger partial charge in [0.15, 0.2) is 0 Å². The summed E-state index contributed by atoms with van der Waals surface area (Å²) in [7, 11) is 0. The maximum atomic E-state index is 2.38. The standard InChI is InChI=1S/C17H28.C10H14/c1-12(2)10-15-8-9-16(11-13(15)3)14(4)17(5,6)7;1-2-3-7-10-8-5-4-6-9-10/h8-9,11-12,14H,10H2,1-7H3;4-6,8-9H,2-3,7H2,1H3. The number of unbranched alkanes of at least 4 members (excludes halogenated alkanes) is 1. The molecule has 0 saturated carbocycles. The predicted octanol–water partition coefficient (Wildman–Crippen LogP) is 8.37. The van der Waals surface area contributed by atoms with Crippen molar-refractivity contribution in [3.63, 3.8) is 0 Å². The minimum absolute atomic E-state index is 0.339. The van der Waals surface area contributed by atoms with Crippen molar-refractivity contribution in [2.45, 2.75) is 87.0 Å². The Bertz CT molecular complexity index is 643. The Labute approximate surface area is 169 Å². The van der Waals surface area contributed by atoms with Crippen molar-refractivity contribution in [2.24, 2.45) is 11.3 Å². The number of hydrogen-bond donors (Lipinski definition) is 0. The van der Waals surface area contributed by atoms with Crippen LogP contribution in [0.15, 0.2) is 48.5 Å². The molecule has 0 fully saturated rings. The van der Waals surface area contributed by atoms with Gasteiger partial charge in [0.1, 0.15) is 0 Å². The second kappa shape index (κ2) is 11.3. The molecule has 0 spiro atoms. The second-order valence-electron chi connectivity index (χ2n) is 9.46. The first-order valence-corrected chi connectivity index (χ1v) is 10.8. The molecule has 0 bridgehead atoms. The molecule has 0 amide bonds. The van der Waals surface area contributed by atoms with Crippen molar-refractivity contribution in [1.29, 1.82) is 0 Å². The molecule has 0 saturated heterocycles. The first-order valence-electron chi connectivity index (χ1n) is 10.8. The lowest BCUT2D eigenvalue weighted by atomic mass is 9.77. The van der Waals surface area contributed by atoms with E-state index in [2.05, 4.69) is 104 Å². The van der Waals surface area contributed by atoms with Crippen molar-refractivity contribution in [3.05, 3.63) is 70.8 Å². The van der Waals surface area contributed by atoms with Crippen LogP contribution in [0.5, 0.6) is 0 Å². The smallest absolute Gasteiger partial charge is 0.0142 e. The lowest BCUT2D eigenvalue weighted by Gasteiger charge is -2.28. The summed E-state index contributed by atoms with van der Waals surface area (Å²) < 4.78 is 0. The highest BCUT2D eigenvalue weighted by Crippen LogP contribution is 2.35. The summed E-state index contributed by atoms with van der Waals surface area (Å²) >= 11 is 0. The summed E-state index contributed by atoms with van der Waals surface area (Å²) in [5.74, 6) is 1.34. The van der Waals surface area contributed by atoms with Gasteiger partial charge in [-0.15, -0.1) is 0 Å². The van der Waals surface area contributed by atoms with E-state index in [9.17, 15) is 0 Å². The van der Waals surface area contributed by atoms with E-state index in [1.807, 2.05) is 0 Å². The third kappa shape index (κ3) is 8.78. The summed E-state index contributed by atoms with van der Waals surface area (Å²) in [5.41, 5.74) is 6.23. The van der Waals surface area contributed by atoms with E-state index >= 15 is 0 Å². The summed E-state index contributed by atoms with van der Waals surface area (Å²) in [5, 5.41) is 0. The second-order valence-corrected chi connectivity index (χ2v) is 9.46. The molecule has 0 aliphatic rings. The van der Waals surface area contributed by atoms with Crippen LogP contribution in [0.1, 0.15) is 89.5 Å². The van der Waals surface area contributed by atoms with Crippen molar-refractivity contribution in [3.8, 4) is 0 Å². The van der Waals surface area contributed by atoms with E-state index in [4.69, 9.17) is 0 Å². The third-order valence-electron chi connectivity index (χ3n) is 5.46. The van der Waals surface area contributed by atoms with Gasteiger partial charge in [-0.05, 0) is 65.7 Å². The lowest BCUT2D eigenvalue weighted by Crippen LogP contribution is -2.15. The molecule has 0 nitrogen and oxygen atoms in total. The van der Waals surface area contributed by atoms with Crippen LogP contribution in [-0.2, 0) is 12.8 Å². The van der Waals surface area contributed by atoms with E-state index in [0.29, 0.717) is 11.3 Å². The van der Waals surface area contributed by atoms with Gasteiger partial charge >= 0.3 is 0 Å². The number of rotatable bonds is 6.